The summed E-state index contributed by atoms with van der Waals surface area (Å²) in [5.41, 5.74) is 0.669. The Bertz CT molecular complexity index is 609. The predicted octanol–water partition coefficient (Wildman–Crippen LogP) is 3.23. The molecule has 0 amide bonds. The first-order chi connectivity index (χ1) is 9.59. The Morgan fingerprint density at radius 3 is 2.55 bits per heavy atom. The summed E-state index contributed by atoms with van der Waals surface area (Å²) in [6.07, 6.45) is 0.315. The fraction of sp³-hybridized carbons (Fsp3) is 0.353. The van der Waals surface area contributed by atoms with E-state index in [4.69, 9.17) is 4.74 Å². The van der Waals surface area contributed by atoms with Crippen molar-refractivity contribution in [3.8, 4) is 0 Å². The molecular formula is C17H21NO2. The number of benzene rings is 2. The molecule has 1 unspecified atom stereocenters. The highest BCUT2D eigenvalue weighted by Gasteiger charge is 2.28. The molecule has 3 nitrogen and oxygen atoms in total. The van der Waals surface area contributed by atoms with Gasteiger partial charge in [0.05, 0.1) is 18.6 Å². The first-order valence-corrected chi connectivity index (χ1v) is 6.93. The fourth-order valence-corrected chi connectivity index (χ4v) is 2.37. The summed E-state index contributed by atoms with van der Waals surface area (Å²) >= 11 is 0. The summed E-state index contributed by atoms with van der Waals surface area (Å²) in [7, 11) is 1.87. The fourth-order valence-electron chi connectivity index (χ4n) is 2.37. The monoisotopic (exact) mass is 271 g/mol. The molecule has 106 valence electrons. The smallest absolute Gasteiger partial charge is 0.307 e. The van der Waals surface area contributed by atoms with E-state index in [0.717, 1.165) is 5.56 Å². The van der Waals surface area contributed by atoms with E-state index < -0.39 is 5.54 Å². The largest absolute Gasteiger partial charge is 0.466 e. The van der Waals surface area contributed by atoms with Gasteiger partial charge in [-0.05, 0) is 43.3 Å². The van der Waals surface area contributed by atoms with Gasteiger partial charge in [0, 0.05) is 0 Å². The number of hydrogen-bond acceptors (Lipinski definition) is 3. The van der Waals surface area contributed by atoms with Crippen LogP contribution in [0.25, 0.3) is 10.8 Å². The minimum absolute atomic E-state index is 0.183. The van der Waals surface area contributed by atoms with Crippen molar-refractivity contribution in [1.29, 1.82) is 0 Å². The van der Waals surface area contributed by atoms with Crippen LogP contribution in [-0.4, -0.2) is 19.6 Å². The van der Waals surface area contributed by atoms with Gasteiger partial charge in [0.2, 0.25) is 0 Å². The Kier molecular flexibility index (Phi) is 4.40. The number of fused-ring (bicyclic) bond motifs is 1. The van der Waals surface area contributed by atoms with Crippen LogP contribution in [0.15, 0.2) is 42.5 Å². The van der Waals surface area contributed by atoms with Crippen LogP contribution in [0.2, 0.25) is 0 Å². The van der Waals surface area contributed by atoms with Gasteiger partial charge in [0.25, 0.3) is 0 Å². The number of hydrogen-bond donors (Lipinski definition) is 1. The van der Waals surface area contributed by atoms with E-state index >= 15 is 0 Å². The standard InChI is InChI=1S/C17H21NO2/c1-4-20-16(19)12-17(2,18-3)15-10-9-13-7-5-6-8-14(13)11-15/h5-11,18H,4,12H2,1-3H3. The average molecular weight is 271 g/mol. The maximum atomic E-state index is 11.8. The van der Waals surface area contributed by atoms with Gasteiger partial charge in [0.15, 0.2) is 0 Å². The molecule has 2 aromatic rings. The zero-order chi connectivity index (χ0) is 14.6. The Morgan fingerprint density at radius 1 is 1.20 bits per heavy atom. The molecule has 0 saturated heterocycles. The van der Waals surface area contributed by atoms with Crippen LogP contribution in [0.3, 0.4) is 0 Å². The van der Waals surface area contributed by atoms with E-state index in [-0.39, 0.29) is 5.97 Å². The topological polar surface area (TPSA) is 38.3 Å². The Balaban J connectivity index is 2.34. The first-order valence-electron chi connectivity index (χ1n) is 6.93. The second-order valence-electron chi connectivity index (χ2n) is 5.13. The van der Waals surface area contributed by atoms with Gasteiger partial charge < -0.3 is 10.1 Å². The molecule has 0 aliphatic rings. The number of ether oxygens (including phenoxy) is 1. The normalized spacial score (nSPS) is 13.9. The predicted molar refractivity (Wildman–Crippen MR) is 81.6 cm³/mol. The molecular weight excluding hydrogens is 250 g/mol. The molecule has 0 aromatic heterocycles. The van der Waals surface area contributed by atoms with Crippen LogP contribution in [-0.2, 0) is 15.1 Å². The number of carbonyl (C=O) groups is 1. The number of nitrogens with one attached hydrogen (secondary N) is 1. The van der Waals surface area contributed by atoms with E-state index in [0.29, 0.717) is 13.0 Å². The average Bonchev–Trinajstić information content (AvgIpc) is 2.46. The third-order valence-corrected chi connectivity index (χ3v) is 3.74. The van der Waals surface area contributed by atoms with Crippen molar-refractivity contribution in [2.45, 2.75) is 25.8 Å². The third-order valence-electron chi connectivity index (χ3n) is 3.74. The van der Waals surface area contributed by atoms with Crippen molar-refractivity contribution in [3.63, 3.8) is 0 Å². The number of carbonyl (C=O) groups excluding carboxylic acids is 1. The molecule has 0 saturated carbocycles. The van der Waals surface area contributed by atoms with Crippen LogP contribution in [0, 0.1) is 0 Å². The SMILES string of the molecule is CCOC(=O)CC(C)(NC)c1ccc2ccccc2c1. The molecule has 1 atom stereocenters. The molecule has 0 bridgehead atoms. The second kappa shape index (κ2) is 6.06. The lowest BCUT2D eigenvalue weighted by molar-refractivity contribution is -0.144. The molecule has 20 heavy (non-hydrogen) atoms. The first kappa shape index (κ1) is 14.5. The molecule has 0 fully saturated rings. The van der Waals surface area contributed by atoms with Crippen molar-refractivity contribution < 1.29 is 9.53 Å². The highest BCUT2D eigenvalue weighted by Crippen LogP contribution is 2.28. The number of rotatable bonds is 5. The molecule has 2 aromatic carbocycles. The van der Waals surface area contributed by atoms with Crippen LogP contribution < -0.4 is 5.32 Å². The van der Waals surface area contributed by atoms with Crippen LogP contribution in [0.4, 0.5) is 0 Å². The van der Waals surface area contributed by atoms with Gasteiger partial charge in [-0.25, -0.2) is 0 Å². The van der Waals surface area contributed by atoms with Gasteiger partial charge in [-0.1, -0.05) is 36.4 Å². The Morgan fingerprint density at radius 2 is 1.90 bits per heavy atom. The highest BCUT2D eigenvalue weighted by molar-refractivity contribution is 5.83. The zero-order valence-corrected chi connectivity index (χ0v) is 12.3. The van der Waals surface area contributed by atoms with Crippen molar-refractivity contribution >= 4 is 16.7 Å². The molecule has 0 aliphatic carbocycles. The van der Waals surface area contributed by atoms with E-state index in [1.54, 1.807) is 0 Å². The van der Waals surface area contributed by atoms with Crippen molar-refractivity contribution in [2.24, 2.45) is 0 Å². The minimum atomic E-state index is -0.420. The van der Waals surface area contributed by atoms with E-state index in [2.05, 4.69) is 35.6 Å². The van der Waals surface area contributed by atoms with Crippen molar-refractivity contribution in [1.82, 2.24) is 5.32 Å². The lowest BCUT2D eigenvalue weighted by Crippen LogP contribution is -2.39. The van der Waals surface area contributed by atoms with Crippen LogP contribution in [0.1, 0.15) is 25.8 Å². The van der Waals surface area contributed by atoms with Gasteiger partial charge in [-0.15, -0.1) is 0 Å². The summed E-state index contributed by atoms with van der Waals surface area (Å²) in [6.45, 7) is 4.26. The molecule has 3 heteroatoms. The van der Waals surface area contributed by atoms with Crippen LogP contribution in [0.5, 0.6) is 0 Å². The maximum Gasteiger partial charge on any atom is 0.307 e. The van der Waals surface area contributed by atoms with Gasteiger partial charge in [-0.3, -0.25) is 4.79 Å². The molecule has 0 heterocycles. The summed E-state index contributed by atoms with van der Waals surface area (Å²) in [4.78, 5) is 11.8. The molecule has 0 radical (unpaired) electrons. The van der Waals surface area contributed by atoms with Gasteiger partial charge in [-0.2, -0.15) is 0 Å². The van der Waals surface area contributed by atoms with E-state index in [9.17, 15) is 4.79 Å². The summed E-state index contributed by atoms with van der Waals surface area (Å²) in [5, 5.41) is 5.62. The van der Waals surface area contributed by atoms with E-state index in [1.807, 2.05) is 33.0 Å². The quantitative estimate of drug-likeness (QED) is 0.848. The molecule has 0 aliphatic heterocycles. The zero-order valence-electron chi connectivity index (χ0n) is 12.3. The maximum absolute atomic E-state index is 11.8. The Labute approximate surface area is 119 Å². The molecule has 2 rings (SSSR count). The van der Waals surface area contributed by atoms with E-state index in [1.165, 1.54) is 10.8 Å². The van der Waals surface area contributed by atoms with Gasteiger partial charge in [0.1, 0.15) is 0 Å². The summed E-state index contributed by atoms with van der Waals surface area (Å²) < 4.78 is 5.07. The lowest BCUT2D eigenvalue weighted by atomic mass is 9.87. The van der Waals surface area contributed by atoms with Crippen LogP contribution >= 0.6 is 0 Å². The van der Waals surface area contributed by atoms with Crippen molar-refractivity contribution in [3.05, 3.63) is 48.0 Å². The molecule has 1 N–H and O–H groups in total. The van der Waals surface area contributed by atoms with Gasteiger partial charge >= 0.3 is 5.97 Å². The number of esters is 1. The second-order valence-corrected chi connectivity index (χ2v) is 5.13. The third kappa shape index (κ3) is 2.99. The Hall–Kier alpha value is -1.87. The molecule has 0 spiro atoms. The lowest BCUT2D eigenvalue weighted by Gasteiger charge is -2.29. The summed E-state index contributed by atoms with van der Waals surface area (Å²) in [6, 6.07) is 14.5. The van der Waals surface area contributed by atoms with Crippen molar-refractivity contribution in [2.75, 3.05) is 13.7 Å². The highest BCUT2D eigenvalue weighted by atomic mass is 16.5. The minimum Gasteiger partial charge on any atom is -0.466 e. The summed E-state index contributed by atoms with van der Waals surface area (Å²) in [5.74, 6) is -0.183.